The molecule has 238 valence electrons. The van der Waals surface area contributed by atoms with Crippen LogP contribution >= 0.6 is 0 Å². The van der Waals surface area contributed by atoms with Crippen LogP contribution in [0.5, 0.6) is 0 Å². The molecule has 40 heavy (non-hydrogen) atoms. The maximum absolute atomic E-state index is 11.2. The smallest absolute Gasteiger partial charge is 0.310 e. The fourth-order valence-corrected chi connectivity index (χ4v) is 5.97. The topological polar surface area (TPSA) is 26.3 Å². The van der Waals surface area contributed by atoms with Crippen LogP contribution < -0.4 is 0 Å². The molecule has 2 heteroatoms. The summed E-state index contributed by atoms with van der Waals surface area (Å²) in [6.45, 7) is 5.71. The second kappa shape index (κ2) is 36.2. The Labute approximate surface area is 253 Å². The van der Waals surface area contributed by atoms with Crippen LogP contribution in [0.3, 0.4) is 0 Å². The van der Waals surface area contributed by atoms with Crippen molar-refractivity contribution in [3.8, 4) is 0 Å². The van der Waals surface area contributed by atoms with E-state index in [1.165, 1.54) is 205 Å². The van der Waals surface area contributed by atoms with Crippen LogP contribution in [-0.4, -0.2) is 5.97 Å². The predicted octanol–water partition coefficient (Wildman–Crippen LogP) is 14.0. The van der Waals surface area contributed by atoms with Crippen LogP contribution in [0.25, 0.3) is 0 Å². The van der Waals surface area contributed by atoms with Crippen LogP contribution in [0, 0.1) is 0 Å². The molecule has 0 aliphatic carbocycles. The van der Waals surface area contributed by atoms with Gasteiger partial charge in [-0.3, -0.25) is 4.79 Å². The molecule has 0 spiro atoms. The van der Waals surface area contributed by atoms with Gasteiger partial charge in [-0.15, -0.1) is 0 Å². The van der Waals surface area contributed by atoms with Gasteiger partial charge in [0.15, 0.2) is 0 Å². The first-order valence-electron chi connectivity index (χ1n) is 18.6. The van der Waals surface area contributed by atoms with Gasteiger partial charge in [0.1, 0.15) is 0 Å². The van der Waals surface area contributed by atoms with E-state index in [-0.39, 0.29) is 5.97 Å². The summed E-state index contributed by atoms with van der Waals surface area (Å²) in [6, 6.07) is 0. The van der Waals surface area contributed by atoms with Crippen LogP contribution in [0.4, 0.5) is 0 Å². The number of esters is 1. The molecule has 0 radical (unpaired) electrons. The molecular formula is C38H74O2. The van der Waals surface area contributed by atoms with E-state index in [9.17, 15) is 4.79 Å². The second-order valence-electron chi connectivity index (χ2n) is 12.7. The molecule has 0 aliphatic rings. The van der Waals surface area contributed by atoms with Gasteiger partial charge in [0.05, 0.1) is 6.26 Å². The third kappa shape index (κ3) is 35.2. The highest BCUT2D eigenvalue weighted by Crippen LogP contribution is 2.17. The van der Waals surface area contributed by atoms with Crippen molar-refractivity contribution in [2.75, 3.05) is 0 Å². The van der Waals surface area contributed by atoms with Crippen molar-refractivity contribution in [3.05, 3.63) is 12.8 Å². The van der Waals surface area contributed by atoms with E-state index >= 15 is 0 Å². The van der Waals surface area contributed by atoms with Crippen molar-refractivity contribution in [2.45, 2.75) is 225 Å². The van der Waals surface area contributed by atoms with E-state index < -0.39 is 0 Å². The Morgan fingerprint density at radius 1 is 0.400 bits per heavy atom. The first-order chi connectivity index (χ1) is 19.8. The van der Waals surface area contributed by atoms with E-state index in [2.05, 4.69) is 13.5 Å². The van der Waals surface area contributed by atoms with Gasteiger partial charge >= 0.3 is 5.97 Å². The summed E-state index contributed by atoms with van der Waals surface area (Å²) in [5.41, 5.74) is 0. The average Bonchev–Trinajstić information content (AvgIpc) is 2.95. The molecule has 0 heterocycles. The Kier molecular flexibility index (Phi) is 35.5. The lowest BCUT2D eigenvalue weighted by atomic mass is 10.0. The summed E-state index contributed by atoms with van der Waals surface area (Å²) in [5, 5.41) is 0. The highest BCUT2D eigenvalue weighted by molar-refractivity contribution is 5.69. The molecule has 0 N–H and O–H groups in total. The van der Waals surface area contributed by atoms with E-state index in [4.69, 9.17) is 4.74 Å². The molecule has 0 aromatic rings. The molecule has 0 amide bonds. The molecule has 0 saturated heterocycles. The van der Waals surface area contributed by atoms with Gasteiger partial charge in [-0.1, -0.05) is 219 Å². The minimum absolute atomic E-state index is 0.143. The molecule has 0 atom stereocenters. The number of carbonyl (C=O) groups excluding carboxylic acids is 1. The maximum atomic E-state index is 11.2. The summed E-state index contributed by atoms with van der Waals surface area (Å²) in [5.74, 6) is -0.143. The average molecular weight is 563 g/mol. The highest BCUT2D eigenvalue weighted by Gasteiger charge is 2.00. The van der Waals surface area contributed by atoms with Gasteiger partial charge < -0.3 is 4.74 Å². The van der Waals surface area contributed by atoms with Crippen molar-refractivity contribution in [1.29, 1.82) is 0 Å². The van der Waals surface area contributed by atoms with Gasteiger partial charge in [-0.2, -0.15) is 0 Å². The quantitative estimate of drug-likeness (QED) is 0.0436. The van der Waals surface area contributed by atoms with Crippen molar-refractivity contribution in [1.82, 2.24) is 0 Å². The molecule has 0 aromatic heterocycles. The summed E-state index contributed by atoms with van der Waals surface area (Å²) >= 11 is 0. The van der Waals surface area contributed by atoms with Crippen molar-refractivity contribution in [2.24, 2.45) is 0 Å². The zero-order chi connectivity index (χ0) is 29.0. The van der Waals surface area contributed by atoms with Crippen LogP contribution in [0.15, 0.2) is 12.8 Å². The molecule has 0 aliphatic heterocycles. The number of hydrogen-bond donors (Lipinski definition) is 0. The van der Waals surface area contributed by atoms with Crippen LogP contribution in [0.2, 0.25) is 0 Å². The molecule has 0 rings (SSSR count). The second-order valence-corrected chi connectivity index (χ2v) is 12.7. The Morgan fingerprint density at radius 2 is 0.600 bits per heavy atom. The minimum Gasteiger partial charge on any atom is -0.435 e. The number of unbranched alkanes of at least 4 members (excludes halogenated alkanes) is 32. The van der Waals surface area contributed by atoms with Gasteiger partial charge in [0, 0.05) is 6.42 Å². The first-order valence-corrected chi connectivity index (χ1v) is 18.6. The lowest BCUT2D eigenvalue weighted by Crippen LogP contribution is -1.98. The maximum Gasteiger partial charge on any atom is 0.310 e. The summed E-state index contributed by atoms with van der Waals surface area (Å²) in [7, 11) is 0. The molecule has 2 nitrogen and oxygen atoms in total. The lowest BCUT2D eigenvalue weighted by Gasteiger charge is -2.05. The lowest BCUT2D eigenvalue weighted by molar-refractivity contribution is -0.138. The Morgan fingerprint density at radius 3 is 0.800 bits per heavy atom. The van der Waals surface area contributed by atoms with E-state index in [0.717, 1.165) is 12.8 Å². The summed E-state index contributed by atoms with van der Waals surface area (Å²) in [4.78, 5) is 11.2. The van der Waals surface area contributed by atoms with E-state index in [1.54, 1.807) is 0 Å². The summed E-state index contributed by atoms with van der Waals surface area (Å²) in [6.07, 6.45) is 48.6. The molecule has 0 fully saturated rings. The standard InChI is InChI=1S/C38H74O2/c1-3-5-6-7-8-9-10-11-12-13-14-15-16-17-18-19-20-21-22-23-24-25-26-27-28-29-30-31-32-33-34-35-36-37-38(39)40-4-2/h4H,2-3,5-37H2,1H3. The Bertz CT molecular complexity index is 486. The molecule has 0 saturated carbocycles. The van der Waals surface area contributed by atoms with E-state index in [1.807, 2.05) is 0 Å². The van der Waals surface area contributed by atoms with Crippen LogP contribution in [-0.2, 0) is 9.53 Å². The van der Waals surface area contributed by atoms with E-state index in [0.29, 0.717) is 6.42 Å². The van der Waals surface area contributed by atoms with Crippen LogP contribution in [0.1, 0.15) is 225 Å². The Hall–Kier alpha value is -0.790. The fourth-order valence-electron chi connectivity index (χ4n) is 5.97. The largest absolute Gasteiger partial charge is 0.435 e. The third-order valence-corrected chi connectivity index (χ3v) is 8.70. The normalized spacial score (nSPS) is 11.2. The van der Waals surface area contributed by atoms with Crippen molar-refractivity contribution >= 4 is 5.97 Å². The van der Waals surface area contributed by atoms with Crippen molar-refractivity contribution < 1.29 is 9.53 Å². The number of rotatable bonds is 35. The Balaban J connectivity index is 3.05. The van der Waals surface area contributed by atoms with Crippen molar-refractivity contribution in [3.63, 3.8) is 0 Å². The fraction of sp³-hybridized carbons (Fsp3) is 0.921. The number of ether oxygens (including phenoxy) is 1. The number of hydrogen-bond acceptors (Lipinski definition) is 2. The third-order valence-electron chi connectivity index (χ3n) is 8.70. The molecule has 0 bridgehead atoms. The highest BCUT2D eigenvalue weighted by atomic mass is 16.5. The monoisotopic (exact) mass is 563 g/mol. The van der Waals surface area contributed by atoms with Gasteiger partial charge in [-0.05, 0) is 6.42 Å². The molecule has 0 aromatic carbocycles. The van der Waals surface area contributed by atoms with Gasteiger partial charge in [0.2, 0.25) is 0 Å². The first kappa shape index (κ1) is 39.2. The predicted molar refractivity (Wildman–Crippen MR) is 179 cm³/mol. The minimum atomic E-state index is -0.143. The zero-order valence-corrected chi connectivity index (χ0v) is 27.6. The number of carbonyl (C=O) groups is 1. The molecule has 0 unspecified atom stereocenters. The SMILES string of the molecule is C=COC(=O)CCCCCCCCCCCCCCCCCCCCCCCCCCCCCCCCCCC. The van der Waals surface area contributed by atoms with Gasteiger partial charge in [-0.25, -0.2) is 0 Å². The summed E-state index contributed by atoms with van der Waals surface area (Å²) < 4.78 is 4.74. The zero-order valence-electron chi connectivity index (χ0n) is 27.6. The molecular weight excluding hydrogens is 488 g/mol. The van der Waals surface area contributed by atoms with Gasteiger partial charge in [0.25, 0.3) is 0 Å².